The zero-order valence-electron chi connectivity index (χ0n) is 11.9. The van der Waals surface area contributed by atoms with E-state index in [1.54, 1.807) is 0 Å². The van der Waals surface area contributed by atoms with E-state index in [0.29, 0.717) is 12.0 Å². The maximum Gasteiger partial charge on any atom is 0.0339 e. The molecule has 2 heteroatoms. The monoisotopic (exact) mass is 283 g/mol. The Morgan fingerprint density at radius 3 is 2.70 bits per heavy atom. The van der Waals surface area contributed by atoms with Gasteiger partial charge in [0, 0.05) is 17.5 Å². The number of hydrogen-bond acceptors (Lipinski definition) is 2. The van der Waals surface area contributed by atoms with Crippen molar-refractivity contribution < 1.29 is 0 Å². The van der Waals surface area contributed by atoms with Crippen LogP contribution in [0.15, 0.2) is 59.5 Å². The van der Waals surface area contributed by atoms with E-state index < -0.39 is 0 Å². The van der Waals surface area contributed by atoms with Crippen LogP contribution in [0.2, 0.25) is 0 Å². The minimum Gasteiger partial charge on any atom is -0.309 e. The topological polar surface area (TPSA) is 12.0 Å². The van der Waals surface area contributed by atoms with Crippen LogP contribution in [0.1, 0.15) is 36.4 Å². The first-order chi connectivity index (χ1) is 9.84. The van der Waals surface area contributed by atoms with Gasteiger partial charge < -0.3 is 5.32 Å². The Hall–Kier alpha value is -1.25. The normalized spacial score (nSPS) is 19.4. The maximum absolute atomic E-state index is 3.76. The lowest BCUT2D eigenvalue weighted by molar-refractivity contribution is 0.488. The van der Waals surface area contributed by atoms with Gasteiger partial charge in [0.2, 0.25) is 0 Å². The third-order valence-corrected chi connectivity index (χ3v) is 5.12. The Kier molecular flexibility index (Phi) is 4.44. The molecule has 1 heterocycles. The molecule has 1 nitrogen and oxygen atoms in total. The van der Waals surface area contributed by atoms with Crippen LogP contribution in [-0.2, 0) is 0 Å². The third kappa shape index (κ3) is 3.08. The largest absolute Gasteiger partial charge is 0.309 e. The Bertz CT molecular complexity index is 552. The Morgan fingerprint density at radius 1 is 1.10 bits per heavy atom. The molecule has 0 spiro atoms. The van der Waals surface area contributed by atoms with Gasteiger partial charge in [-0.3, -0.25) is 0 Å². The SMILES string of the molecule is CC(CNC1CCSc2ccccc21)c1ccccc1. The molecule has 20 heavy (non-hydrogen) atoms. The minimum absolute atomic E-state index is 0.513. The molecule has 0 saturated carbocycles. The molecular formula is C18H21NS. The quantitative estimate of drug-likeness (QED) is 0.879. The second-order valence-electron chi connectivity index (χ2n) is 5.45. The average Bonchev–Trinajstić information content (AvgIpc) is 2.53. The number of thioether (sulfide) groups is 1. The van der Waals surface area contributed by atoms with Crippen LogP contribution in [-0.4, -0.2) is 12.3 Å². The number of rotatable bonds is 4. The summed E-state index contributed by atoms with van der Waals surface area (Å²) in [5, 5.41) is 3.76. The lowest BCUT2D eigenvalue weighted by Crippen LogP contribution is -2.28. The van der Waals surface area contributed by atoms with Crippen molar-refractivity contribution in [1.82, 2.24) is 5.32 Å². The van der Waals surface area contributed by atoms with Crippen molar-refractivity contribution in [1.29, 1.82) is 0 Å². The third-order valence-electron chi connectivity index (χ3n) is 4.00. The van der Waals surface area contributed by atoms with Crippen LogP contribution in [0.25, 0.3) is 0 Å². The van der Waals surface area contributed by atoms with Crippen molar-refractivity contribution in [2.24, 2.45) is 0 Å². The van der Waals surface area contributed by atoms with Crippen molar-refractivity contribution in [3.8, 4) is 0 Å². The highest BCUT2D eigenvalue weighted by atomic mass is 32.2. The predicted octanol–water partition coefficient (Wildman–Crippen LogP) is 4.62. The molecular weight excluding hydrogens is 262 g/mol. The van der Waals surface area contributed by atoms with Crippen molar-refractivity contribution in [3.63, 3.8) is 0 Å². The molecule has 0 amide bonds. The summed E-state index contributed by atoms with van der Waals surface area (Å²) in [5.74, 6) is 1.77. The smallest absolute Gasteiger partial charge is 0.0339 e. The number of benzene rings is 2. The molecule has 0 bridgehead atoms. The van der Waals surface area contributed by atoms with E-state index in [1.807, 2.05) is 11.8 Å². The van der Waals surface area contributed by atoms with Gasteiger partial charge in [-0.25, -0.2) is 0 Å². The molecule has 3 rings (SSSR count). The molecule has 2 aromatic carbocycles. The second kappa shape index (κ2) is 6.47. The molecule has 1 aliphatic heterocycles. The second-order valence-corrected chi connectivity index (χ2v) is 6.58. The van der Waals surface area contributed by atoms with Gasteiger partial charge in [0.15, 0.2) is 0 Å². The van der Waals surface area contributed by atoms with Gasteiger partial charge in [0.25, 0.3) is 0 Å². The van der Waals surface area contributed by atoms with Crippen LogP contribution < -0.4 is 5.32 Å². The molecule has 1 N–H and O–H groups in total. The zero-order valence-corrected chi connectivity index (χ0v) is 12.7. The highest BCUT2D eigenvalue weighted by Gasteiger charge is 2.20. The summed E-state index contributed by atoms with van der Waals surface area (Å²) >= 11 is 1.98. The van der Waals surface area contributed by atoms with Crippen LogP contribution in [0.5, 0.6) is 0 Å². The Balaban J connectivity index is 1.65. The van der Waals surface area contributed by atoms with Crippen molar-refractivity contribution in [3.05, 3.63) is 65.7 Å². The highest BCUT2D eigenvalue weighted by Crippen LogP contribution is 2.35. The molecule has 2 unspecified atom stereocenters. The molecule has 0 radical (unpaired) electrons. The molecule has 0 saturated heterocycles. The summed E-state index contributed by atoms with van der Waals surface area (Å²) in [5.41, 5.74) is 2.89. The van der Waals surface area contributed by atoms with Crippen LogP contribution >= 0.6 is 11.8 Å². The Morgan fingerprint density at radius 2 is 1.85 bits per heavy atom. The lowest BCUT2D eigenvalue weighted by atomic mass is 9.99. The summed E-state index contributed by atoms with van der Waals surface area (Å²) in [6, 6.07) is 20.1. The fourth-order valence-corrected chi connectivity index (χ4v) is 3.90. The van der Waals surface area contributed by atoms with E-state index >= 15 is 0 Å². The highest BCUT2D eigenvalue weighted by molar-refractivity contribution is 7.99. The summed E-state index contributed by atoms with van der Waals surface area (Å²) in [6.07, 6.45) is 1.23. The molecule has 104 valence electrons. The van der Waals surface area contributed by atoms with Gasteiger partial charge in [-0.15, -0.1) is 11.8 Å². The van der Waals surface area contributed by atoms with Crippen molar-refractivity contribution in [2.45, 2.75) is 30.2 Å². The zero-order chi connectivity index (χ0) is 13.8. The van der Waals surface area contributed by atoms with Gasteiger partial charge in [-0.05, 0) is 35.3 Å². The van der Waals surface area contributed by atoms with Gasteiger partial charge >= 0.3 is 0 Å². The van der Waals surface area contributed by atoms with Crippen LogP contribution in [0.3, 0.4) is 0 Å². The van der Waals surface area contributed by atoms with Crippen LogP contribution in [0.4, 0.5) is 0 Å². The van der Waals surface area contributed by atoms with E-state index in [-0.39, 0.29) is 0 Å². The fourth-order valence-electron chi connectivity index (χ4n) is 2.77. The predicted molar refractivity (Wildman–Crippen MR) is 87.4 cm³/mol. The summed E-state index contributed by atoms with van der Waals surface area (Å²) in [6.45, 7) is 3.33. The van der Waals surface area contributed by atoms with E-state index in [0.717, 1.165) is 6.54 Å². The maximum atomic E-state index is 3.76. The molecule has 1 aliphatic rings. The lowest BCUT2D eigenvalue weighted by Gasteiger charge is -2.27. The van der Waals surface area contributed by atoms with E-state index in [9.17, 15) is 0 Å². The number of hydrogen-bond donors (Lipinski definition) is 1. The molecule has 2 aromatic rings. The Labute approximate surface area is 125 Å². The first-order valence-corrected chi connectivity index (χ1v) is 8.33. The summed E-state index contributed by atoms with van der Waals surface area (Å²) < 4.78 is 0. The van der Waals surface area contributed by atoms with Crippen LogP contribution in [0, 0.1) is 0 Å². The molecule has 2 atom stereocenters. The first kappa shape index (κ1) is 13.7. The van der Waals surface area contributed by atoms with E-state index in [2.05, 4.69) is 66.8 Å². The fraction of sp³-hybridized carbons (Fsp3) is 0.333. The van der Waals surface area contributed by atoms with Gasteiger partial charge in [0.1, 0.15) is 0 Å². The average molecular weight is 283 g/mol. The van der Waals surface area contributed by atoms with Crippen molar-refractivity contribution >= 4 is 11.8 Å². The van der Waals surface area contributed by atoms with Crippen molar-refractivity contribution in [2.75, 3.05) is 12.3 Å². The van der Waals surface area contributed by atoms with Gasteiger partial charge in [-0.1, -0.05) is 55.5 Å². The summed E-state index contributed by atoms with van der Waals surface area (Å²) in [4.78, 5) is 1.45. The van der Waals surface area contributed by atoms with Gasteiger partial charge in [-0.2, -0.15) is 0 Å². The van der Waals surface area contributed by atoms with E-state index in [4.69, 9.17) is 0 Å². The first-order valence-electron chi connectivity index (χ1n) is 7.34. The number of fused-ring (bicyclic) bond motifs is 1. The van der Waals surface area contributed by atoms with E-state index in [1.165, 1.54) is 28.2 Å². The molecule has 0 aromatic heterocycles. The molecule has 0 aliphatic carbocycles. The standard InChI is InChI=1S/C18H21NS/c1-14(15-7-3-2-4-8-15)13-19-17-11-12-20-18-10-6-5-9-16(17)18/h2-10,14,17,19H,11-13H2,1H3. The van der Waals surface area contributed by atoms with Gasteiger partial charge in [0.05, 0.1) is 0 Å². The minimum atomic E-state index is 0.513. The summed E-state index contributed by atoms with van der Waals surface area (Å²) in [7, 11) is 0. The number of nitrogens with one attached hydrogen (secondary N) is 1. The molecule has 0 fully saturated rings.